The van der Waals surface area contributed by atoms with Crippen molar-refractivity contribution in [3.63, 3.8) is 0 Å². The van der Waals surface area contributed by atoms with Crippen LogP contribution in [0.1, 0.15) is 65.7 Å². The van der Waals surface area contributed by atoms with Gasteiger partial charge in [0.1, 0.15) is 0 Å². The molecule has 0 aromatic heterocycles. The fourth-order valence-electron chi connectivity index (χ4n) is 3.32. The van der Waals surface area contributed by atoms with Gasteiger partial charge in [-0.2, -0.15) is 0 Å². The Labute approximate surface area is 111 Å². The zero-order valence-electron chi connectivity index (χ0n) is 12.1. The molecule has 1 unspecified atom stereocenters. The van der Waals surface area contributed by atoms with E-state index in [0.717, 1.165) is 32.3 Å². The van der Waals surface area contributed by atoms with Gasteiger partial charge < -0.3 is 14.6 Å². The topological polar surface area (TPSA) is 38.7 Å². The van der Waals surface area contributed by atoms with Crippen molar-refractivity contribution in [3.05, 3.63) is 0 Å². The van der Waals surface area contributed by atoms with Gasteiger partial charge in [-0.3, -0.25) is 0 Å². The van der Waals surface area contributed by atoms with Crippen molar-refractivity contribution in [2.45, 2.75) is 83.7 Å². The van der Waals surface area contributed by atoms with Gasteiger partial charge in [-0.1, -0.05) is 27.2 Å². The monoisotopic (exact) mass is 256 g/mol. The van der Waals surface area contributed by atoms with Gasteiger partial charge >= 0.3 is 0 Å². The summed E-state index contributed by atoms with van der Waals surface area (Å²) in [5.41, 5.74) is -0.191. The van der Waals surface area contributed by atoms with Crippen LogP contribution in [0, 0.1) is 5.41 Å². The summed E-state index contributed by atoms with van der Waals surface area (Å²) in [4.78, 5) is 0. The Hall–Kier alpha value is -0.120. The Balaban J connectivity index is 2.06. The average Bonchev–Trinajstić information content (AvgIpc) is 2.38. The first-order chi connectivity index (χ1) is 8.50. The summed E-state index contributed by atoms with van der Waals surface area (Å²) in [7, 11) is 0. The molecule has 0 radical (unpaired) electrons. The van der Waals surface area contributed by atoms with Crippen molar-refractivity contribution < 1.29 is 14.6 Å². The molecule has 2 rings (SSSR count). The molecule has 0 aromatic carbocycles. The molecular formula is C15H28O3. The summed E-state index contributed by atoms with van der Waals surface area (Å²) in [5, 5.41) is 10.2. The van der Waals surface area contributed by atoms with Crippen LogP contribution in [-0.2, 0) is 9.47 Å². The van der Waals surface area contributed by atoms with Crippen LogP contribution in [0.4, 0.5) is 0 Å². The van der Waals surface area contributed by atoms with Gasteiger partial charge in [-0.25, -0.2) is 0 Å². The highest BCUT2D eigenvalue weighted by molar-refractivity contribution is 4.90. The smallest absolute Gasteiger partial charge is 0.168 e. The fourth-order valence-corrected chi connectivity index (χ4v) is 3.32. The molecule has 1 aliphatic carbocycles. The number of hydrogen-bond acceptors (Lipinski definition) is 3. The van der Waals surface area contributed by atoms with E-state index >= 15 is 0 Å². The van der Waals surface area contributed by atoms with E-state index in [-0.39, 0.29) is 23.4 Å². The van der Waals surface area contributed by atoms with E-state index in [1.807, 2.05) is 6.92 Å². The molecule has 0 bridgehead atoms. The highest BCUT2D eigenvalue weighted by Gasteiger charge is 2.46. The second-order valence-electron chi connectivity index (χ2n) is 6.46. The van der Waals surface area contributed by atoms with Gasteiger partial charge in [0.2, 0.25) is 0 Å². The Morgan fingerprint density at radius 2 is 1.94 bits per heavy atom. The molecule has 1 heterocycles. The van der Waals surface area contributed by atoms with Crippen LogP contribution in [0.15, 0.2) is 0 Å². The van der Waals surface area contributed by atoms with Crippen molar-refractivity contribution in [3.8, 4) is 0 Å². The zero-order chi connectivity index (χ0) is 13.2. The molecule has 1 saturated heterocycles. The van der Waals surface area contributed by atoms with E-state index in [1.165, 1.54) is 19.3 Å². The summed E-state index contributed by atoms with van der Waals surface area (Å²) >= 11 is 0. The summed E-state index contributed by atoms with van der Waals surface area (Å²) in [6, 6.07) is 0. The Kier molecular flexibility index (Phi) is 4.35. The second kappa shape index (κ2) is 5.48. The van der Waals surface area contributed by atoms with E-state index in [2.05, 4.69) is 13.8 Å². The van der Waals surface area contributed by atoms with Crippen LogP contribution in [0.5, 0.6) is 0 Å². The number of rotatable bonds is 3. The maximum absolute atomic E-state index is 10.2. The molecule has 106 valence electrons. The maximum atomic E-state index is 10.2. The average molecular weight is 256 g/mol. The van der Waals surface area contributed by atoms with Crippen LogP contribution in [0.2, 0.25) is 0 Å². The molecule has 1 saturated carbocycles. The minimum atomic E-state index is -0.341. The third-order valence-corrected chi connectivity index (χ3v) is 4.79. The second-order valence-corrected chi connectivity index (χ2v) is 6.46. The Morgan fingerprint density at radius 1 is 1.28 bits per heavy atom. The minimum absolute atomic E-state index is 0.110. The largest absolute Gasteiger partial charge is 0.392 e. The molecule has 3 nitrogen and oxygen atoms in total. The molecule has 1 aliphatic heterocycles. The zero-order valence-corrected chi connectivity index (χ0v) is 12.1. The molecule has 2 aliphatic rings. The van der Waals surface area contributed by atoms with Gasteiger partial charge in [0.15, 0.2) is 5.79 Å². The van der Waals surface area contributed by atoms with Gasteiger partial charge in [-0.15, -0.1) is 0 Å². The lowest BCUT2D eigenvalue weighted by molar-refractivity contribution is -0.326. The highest BCUT2D eigenvalue weighted by atomic mass is 16.7. The van der Waals surface area contributed by atoms with E-state index in [0.29, 0.717) is 0 Å². The Bertz CT molecular complexity index is 263. The molecule has 0 amide bonds. The van der Waals surface area contributed by atoms with E-state index in [1.54, 1.807) is 0 Å². The molecule has 0 aromatic rings. The van der Waals surface area contributed by atoms with E-state index < -0.39 is 0 Å². The first kappa shape index (κ1) is 14.3. The molecule has 2 atom stereocenters. The molecule has 1 N–H and O–H groups in total. The lowest BCUT2D eigenvalue weighted by Gasteiger charge is -2.49. The van der Waals surface area contributed by atoms with Crippen LogP contribution in [0.25, 0.3) is 0 Å². The van der Waals surface area contributed by atoms with E-state index in [4.69, 9.17) is 9.47 Å². The van der Waals surface area contributed by atoms with Gasteiger partial charge in [0, 0.05) is 18.3 Å². The predicted octanol–water partition coefficient (Wildman–Crippen LogP) is 3.25. The fraction of sp³-hybridized carbons (Fsp3) is 1.00. The molecule has 2 fully saturated rings. The van der Waals surface area contributed by atoms with Gasteiger partial charge in [0.25, 0.3) is 0 Å². The summed E-state index contributed by atoms with van der Waals surface area (Å²) < 4.78 is 12.3. The molecule has 3 heteroatoms. The quantitative estimate of drug-likeness (QED) is 0.842. The number of aliphatic hydroxyl groups is 1. The third kappa shape index (κ3) is 2.73. The minimum Gasteiger partial charge on any atom is -0.392 e. The normalized spacial score (nSPS) is 30.3. The van der Waals surface area contributed by atoms with Crippen LogP contribution < -0.4 is 0 Å². The number of ether oxygens (including phenoxy) is 2. The standard InChI is InChI=1S/C15H28O3/c1-4-12(16)14(2,3)13-8-11-17-15(18-13)9-6-5-7-10-15/h12-13,16H,4-11H2,1-3H3/t12?,13-/m0/s1. The van der Waals surface area contributed by atoms with Crippen molar-refractivity contribution in [1.29, 1.82) is 0 Å². The van der Waals surface area contributed by atoms with Crippen molar-refractivity contribution in [2.75, 3.05) is 6.61 Å². The summed E-state index contributed by atoms with van der Waals surface area (Å²) in [6.07, 6.45) is 7.20. The summed E-state index contributed by atoms with van der Waals surface area (Å²) in [5.74, 6) is -0.341. The number of aliphatic hydroxyl groups excluding tert-OH is 1. The molecule has 1 spiro atoms. The van der Waals surface area contributed by atoms with Crippen molar-refractivity contribution in [2.24, 2.45) is 5.41 Å². The van der Waals surface area contributed by atoms with Crippen LogP contribution in [0.3, 0.4) is 0 Å². The van der Waals surface area contributed by atoms with E-state index in [9.17, 15) is 5.11 Å². The predicted molar refractivity (Wildman–Crippen MR) is 71.3 cm³/mol. The van der Waals surface area contributed by atoms with Crippen LogP contribution in [-0.4, -0.2) is 29.7 Å². The SMILES string of the molecule is CCC(O)C(C)(C)[C@@H]1CCOC2(CCCCC2)O1. The maximum Gasteiger partial charge on any atom is 0.168 e. The summed E-state index contributed by atoms with van der Waals surface area (Å²) in [6.45, 7) is 7.04. The Morgan fingerprint density at radius 3 is 2.56 bits per heavy atom. The van der Waals surface area contributed by atoms with Crippen molar-refractivity contribution >= 4 is 0 Å². The number of hydrogen-bond donors (Lipinski definition) is 1. The highest BCUT2D eigenvalue weighted by Crippen LogP contribution is 2.42. The molecular weight excluding hydrogens is 228 g/mol. The third-order valence-electron chi connectivity index (χ3n) is 4.79. The lowest BCUT2D eigenvalue weighted by atomic mass is 9.77. The first-order valence-corrected chi connectivity index (χ1v) is 7.50. The van der Waals surface area contributed by atoms with Crippen LogP contribution >= 0.6 is 0 Å². The first-order valence-electron chi connectivity index (χ1n) is 7.50. The lowest BCUT2D eigenvalue weighted by Crippen LogP contribution is -2.53. The molecule has 18 heavy (non-hydrogen) atoms. The van der Waals surface area contributed by atoms with Gasteiger partial charge in [0.05, 0.1) is 18.8 Å². The van der Waals surface area contributed by atoms with Gasteiger partial charge in [-0.05, 0) is 25.7 Å². The van der Waals surface area contributed by atoms with Crippen molar-refractivity contribution in [1.82, 2.24) is 0 Å².